The number of hydrogen-bond donors (Lipinski definition) is 0. The highest BCUT2D eigenvalue weighted by molar-refractivity contribution is 9.10. The van der Waals surface area contributed by atoms with Crippen LogP contribution in [0.3, 0.4) is 0 Å². The fourth-order valence-corrected chi connectivity index (χ4v) is 3.25. The van der Waals surface area contributed by atoms with E-state index in [9.17, 15) is 4.39 Å². The van der Waals surface area contributed by atoms with Gasteiger partial charge >= 0.3 is 0 Å². The third kappa shape index (κ3) is 2.81. The molecule has 3 heterocycles. The van der Waals surface area contributed by atoms with Gasteiger partial charge in [-0.15, -0.1) is 0 Å². The summed E-state index contributed by atoms with van der Waals surface area (Å²) in [6.45, 7) is 1.73. The molecule has 0 N–H and O–H groups in total. The molecular weight excluding hydrogens is 363 g/mol. The number of fused-ring (bicyclic) bond motifs is 1. The lowest BCUT2D eigenvalue weighted by Gasteiger charge is -2.31. The van der Waals surface area contributed by atoms with E-state index in [2.05, 4.69) is 36.0 Å². The quantitative estimate of drug-likeness (QED) is 0.678. The van der Waals surface area contributed by atoms with Crippen molar-refractivity contribution in [2.45, 2.75) is 18.8 Å². The minimum absolute atomic E-state index is 0.303. The summed E-state index contributed by atoms with van der Waals surface area (Å²) in [5.41, 5.74) is 1.44. The van der Waals surface area contributed by atoms with Crippen molar-refractivity contribution in [3.63, 3.8) is 0 Å². The molecule has 0 amide bonds. The third-order valence-corrected chi connectivity index (χ3v) is 4.64. The van der Waals surface area contributed by atoms with E-state index < -0.39 is 0 Å². The number of rotatable bonds is 2. The van der Waals surface area contributed by atoms with Crippen LogP contribution in [0.2, 0.25) is 0 Å². The van der Waals surface area contributed by atoms with E-state index in [4.69, 9.17) is 4.52 Å². The average molecular weight is 377 g/mol. The van der Waals surface area contributed by atoms with Crippen LogP contribution in [0.15, 0.2) is 39.6 Å². The molecule has 23 heavy (non-hydrogen) atoms. The Balaban J connectivity index is 1.51. The Kier molecular flexibility index (Phi) is 3.72. The molecule has 7 heteroatoms. The van der Waals surface area contributed by atoms with Gasteiger partial charge in [-0.1, -0.05) is 5.16 Å². The van der Waals surface area contributed by atoms with E-state index in [1.165, 1.54) is 12.1 Å². The number of aromatic nitrogens is 3. The van der Waals surface area contributed by atoms with Gasteiger partial charge in [0.2, 0.25) is 5.95 Å². The van der Waals surface area contributed by atoms with Gasteiger partial charge in [-0.05, 0) is 40.9 Å². The van der Waals surface area contributed by atoms with E-state index in [1.54, 1.807) is 18.5 Å². The van der Waals surface area contributed by atoms with Crippen LogP contribution >= 0.6 is 15.9 Å². The fourth-order valence-electron chi connectivity index (χ4n) is 3.05. The van der Waals surface area contributed by atoms with E-state index in [0.29, 0.717) is 11.5 Å². The van der Waals surface area contributed by atoms with Gasteiger partial charge in [0.05, 0.1) is 10.2 Å². The van der Waals surface area contributed by atoms with Crippen molar-refractivity contribution in [2.75, 3.05) is 18.0 Å². The van der Waals surface area contributed by atoms with Crippen molar-refractivity contribution in [3.8, 4) is 0 Å². The second kappa shape index (κ2) is 5.88. The van der Waals surface area contributed by atoms with Crippen LogP contribution < -0.4 is 4.90 Å². The van der Waals surface area contributed by atoms with Gasteiger partial charge in [0.15, 0.2) is 5.58 Å². The summed E-state index contributed by atoms with van der Waals surface area (Å²) >= 11 is 3.34. The molecule has 0 aliphatic carbocycles. The number of anilines is 1. The van der Waals surface area contributed by atoms with Crippen molar-refractivity contribution in [2.24, 2.45) is 0 Å². The maximum absolute atomic E-state index is 13.2. The van der Waals surface area contributed by atoms with Crippen molar-refractivity contribution < 1.29 is 8.91 Å². The first-order chi connectivity index (χ1) is 11.2. The smallest absolute Gasteiger partial charge is 0.225 e. The summed E-state index contributed by atoms with van der Waals surface area (Å²) in [5, 5.41) is 5.08. The molecule has 5 nitrogen and oxygen atoms in total. The Morgan fingerprint density at radius 2 is 1.91 bits per heavy atom. The fraction of sp³-hybridized carbons (Fsp3) is 0.312. The molecule has 0 radical (unpaired) electrons. The molecule has 118 valence electrons. The van der Waals surface area contributed by atoms with Crippen LogP contribution in [0.1, 0.15) is 24.5 Å². The Labute approximate surface area is 140 Å². The Bertz CT molecular complexity index is 828. The van der Waals surface area contributed by atoms with E-state index in [0.717, 1.165) is 47.4 Å². The molecule has 3 aromatic rings. The molecule has 0 unspecified atom stereocenters. The number of piperidine rings is 1. The minimum atomic E-state index is -0.303. The van der Waals surface area contributed by atoms with Crippen molar-refractivity contribution in [3.05, 3.63) is 46.6 Å². The molecule has 1 saturated heterocycles. The maximum Gasteiger partial charge on any atom is 0.225 e. The van der Waals surface area contributed by atoms with Gasteiger partial charge < -0.3 is 9.42 Å². The number of nitrogens with zero attached hydrogens (tertiary/aromatic N) is 4. The first-order valence-electron chi connectivity index (χ1n) is 7.48. The van der Waals surface area contributed by atoms with Crippen LogP contribution in [0, 0.1) is 5.82 Å². The van der Waals surface area contributed by atoms with E-state index >= 15 is 0 Å². The molecule has 1 aliphatic rings. The summed E-state index contributed by atoms with van der Waals surface area (Å²) in [6.07, 6.45) is 5.40. The molecule has 0 atom stereocenters. The molecule has 0 saturated carbocycles. The average Bonchev–Trinajstić information content (AvgIpc) is 2.99. The number of hydrogen-bond acceptors (Lipinski definition) is 5. The molecule has 0 bridgehead atoms. The molecule has 1 aromatic carbocycles. The summed E-state index contributed by atoms with van der Waals surface area (Å²) in [4.78, 5) is 10.9. The van der Waals surface area contributed by atoms with Gasteiger partial charge in [0.25, 0.3) is 0 Å². The van der Waals surface area contributed by atoms with Gasteiger partial charge in [-0.2, -0.15) is 0 Å². The van der Waals surface area contributed by atoms with Gasteiger partial charge in [-0.3, -0.25) is 0 Å². The van der Waals surface area contributed by atoms with E-state index in [1.807, 2.05) is 0 Å². The van der Waals surface area contributed by atoms with Gasteiger partial charge in [0, 0.05) is 42.9 Å². The van der Waals surface area contributed by atoms with Crippen LogP contribution in [0.25, 0.3) is 11.0 Å². The largest absolute Gasteiger partial charge is 0.356 e. The second-order valence-corrected chi connectivity index (χ2v) is 6.59. The molecule has 4 rings (SSSR count). The van der Waals surface area contributed by atoms with Gasteiger partial charge in [-0.25, -0.2) is 14.4 Å². The lowest BCUT2D eigenvalue weighted by Crippen LogP contribution is -2.34. The van der Waals surface area contributed by atoms with Crippen LogP contribution in [-0.2, 0) is 0 Å². The highest BCUT2D eigenvalue weighted by Crippen LogP contribution is 2.33. The zero-order valence-corrected chi connectivity index (χ0v) is 13.8. The highest BCUT2D eigenvalue weighted by atomic mass is 79.9. The molecule has 2 aromatic heterocycles. The number of halogens is 2. The lowest BCUT2D eigenvalue weighted by molar-refractivity contribution is 0.415. The topological polar surface area (TPSA) is 55.1 Å². The summed E-state index contributed by atoms with van der Waals surface area (Å²) in [7, 11) is 0. The first-order valence-corrected chi connectivity index (χ1v) is 8.27. The summed E-state index contributed by atoms with van der Waals surface area (Å²) in [5.74, 6) is 0.759. The Morgan fingerprint density at radius 3 is 2.65 bits per heavy atom. The molecule has 1 aliphatic heterocycles. The van der Waals surface area contributed by atoms with Crippen LogP contribution in [0.5, 0.6) is 0 Å². The zero-order valence-electron chi connectivity index (χ0n) is 12.2. The van der Waals surface area contributed by atoms with Crippen molar-refractivity contribution in [1.82, 2.24) is 15.1 Å². The van der Waals surface area contributed by atoms with Crippen LogP contribution in [0.4, 0.5) is 10.3 Å². The normalized spacial score (nSPS) is 16.2. The van der Waals surface area contributed by atoms with Gasteiger partial charge in [0.1, 0.15) is 5.82 Å². The predicted molar refractivity (Wildman–Crippen MR) is 87.9 cm³/mol. The van der Waals surface area contributed by atoms with E-state index in [-0.39, 0.29) is 5.82 Å². The minimum Gasteiger partial charge on any atom is -0.356 e. The maximum atomic E-state index is 13.2. The summed E-state index contributed by atoms with van der Waals surface area (Å²) in [6, 6.07) is 4.59. The highest BCUT2D eigenvalue weighted by Gasteiger charge is 2.26. The Hall–Kier alpha value is -2.02. The second-order valence-electron chi connectivity index (χ2n) is 5.67. The molecule has 0 spiro atoms. The molecular formula is C16H14BrFN4O. The monoisotopic (exact) mass is 376 g/mol. The standard InChI is InChI=1S/C16H14BrFN4O/c17-11-8-19-16(20-9-11)22-5-3-10(4-6-22)15-13-2-1-12(18)7-14(13)23-21-15/h1-2,7-10H,3-6H2. The van der Waals surface area contributed by atoms with Crippen molar-refractivity contribution in [1.29, 1.82) is 0 Å². The SMILES string of the molecule is Fc1ccc2c(C3CCN(c4ncc(Br)cn4)CC3)noc2c1. The predicted octanol–water partition coefficient (Wildman–Crippen LogP) is 3.90. The summed E-state index contributed by atoms with van der Waals surface area (Å²) < 4.78 is 19.4. The first kappa shape index (κ1) is 14.6. The molecule has 1 fully saturated rings. The van der Waals surface area contributed by atoms with Crippen molar-refractivity contribution >= 4 is 32.8 Å². The lowest BCUT2D eigenvalue weighted by atomic mass is 9.92. The van der Waals surface area contributed by atoms with Crippen LogP contribution in [-0.4, -0.2) is 28.2 Å². The third-order valence-electron chi connectivity index (χ3n) is 4.23. The zero-order chi connectivity index (χ0) is 15.8. The number of benzene rings is 1. The Morgan fingerprint density at radius 1 is 1.17 bits per heavy atom.